The molecular weight excluding hydrogens is 1230 g/mol. The Balaban J connectivity index is 0.834. The normalized spacial score (nSPS) is 39.2. The third kappa shape index (κ3) is 9.20. The van der Waals surface area contributed by atoms with Crippen LogP contribution in [0.3, 0.4) is 0 Å². The largest absolute Gasteiger partial charge is 0.508 e. The van der Waals surface area contributed by atoms with Crippen molar-refractivity contribution < 1.29 is 54.4 Å². The summed E-state index contributed by atoms with van der Waals surface area (Å²) in [5.41, 5.74) is 13.6. The number of carbonyl (C=O) groups is 1. The van der Waals surface area contributed by atoms with Gasteiger partial charge in [0.15, 0.2) is 5.43 Å². The number of nitrogens with two attached hydrogens (primary N) is 1. The van der Waals surface area contributed by atoms with Gasteiger partial charge in [-0.1, -0.05) is 74.3 Å². The number of phenols is 2. The first-order chi connectivity index (χ1) is 47.2. The minimum atomic E-state index is -1.63. The Bertz CT molecular complexity index is 4300. The number of hydrogen-bond acceptors (Lipinski definition) is 16. The Morgan fingerprint density at radius 1 is 0.878 bits per heavy atom. The van der Waals surface area contributed by atoms with Gasteiger partial charge in [0, 0.05) is 65.6 Å². The number of aliphatic hydroxyl groups is 5. The summed E-state index contributed by atoms with van der Waals surface area (Å²) in [6.07, 6.45) is 26.7. The number of allylic oxidation sites excluding steroid dienone is 5. The Labute approximate surface area is 573 Å². The number of hydrogen-bond donors (Lipinski definition) is 11. The molecular formula is C82H98N4O12. The van der Waals surface area contributed by atoms with Gasteiger partial charge < -0.3 is 66.0 Å². The number of nitrogens with one attached hydrogen (secondary N) is 3. The molecule has 518 valence electrons. The molecule has 3 spiro atoms. The van der Waals surface area contributed by atoms with E-state index in [9.17, 15) is 35.7 Å². The zero-order valence-corrected chi connectivity index (χ0v) is 57.1. The summed E-state index contributed by atoms with van der Waals surface area (Å²) >= 11 is 0. The lowest BCUT2D eigenvalue weighted by molar-refractivity contribution is -0.173. The lowest BCUT2D eigenvalue weighted by Gasteiger charge is -2.56. The van der Waals surface area contributed by atoms with Gasteiger partial charge in [-0.2, -0.15) is 0 Å². The first-order valence-electron chi connectivity index (χ1n) is 37.5. The van der Waals surface area contributed by atoms with E-state index >= 15 is 9.59 Å². The van der Waals surface area contributed by atoms with Gasteiger partial charge in [-0.05, 0) is 250 Å². The van der Waals surface area contributed by atoms with Crippen LogP contribution in [0.15, 0.2) is 121 Å². The maximum absolute atomic E-state index is 16.5. The Morgan fingerprint density at radius 3 is 2.51 bits per heavy atom. The van der Waals surface area contributed by atoms with Gasteiger partial charge in [0.1, 0.15) is 64.3 Å². The van der Waals surface area contributed by atoms with Crippen molar-refractivity contribution in [2.24, 2.45) is 51.6 Å². The average Bonchev–Trinajstić information content (AvgIpc) is 1.24. The van der Waals surface area contributed by atoms with E-state index in [0.717, 1.165) is 129 Å². The second kappa shape index (κ2) is 22.7. The molecule has 0 saturated heterocycles. The van der Waals surface area contributed by atoms with E-state index in [1.165, 1.54) is 22.8 Å². The van der Waals surface area contributed by atoms with E-state index in [-0.39, 0.29) is 105 Å². The van der Waals surface area contributed by atoms with Crippen molar-refractivity contribution in [3.63, 3.8) is 0 Å². The highest BCUT2D eigenvalue weighted by Crippen LogP contribution is 2.71. The van der Waals surface area contributed by atoms with Crippen molar-refractivity contribution in [1.82, 2.24) is 16.0 Å². The first kappa shape index (κ1) is 63.5. The average molecular weight is 1330 g/mol. The summed E-state index contributed by atoms with van der Waals surface area (Å²) in [6.45, 7) is 5.37. The van der Waals surface area contributed by atoms with E-state index in [4.69, 9.17) is 19.6 Å². The molecule has 6 fully saturated rings. The smallest absolute Gasteiger partial charge is 0.337 e. The van der Waals surface area contributed by atoms with E-state index in [2.05, 4.69) is 78.5 Å². The highest BCUT2D eigenvalue weighted by Gasteiger charge is 2.65. The zero-order chi connectivity index (χ0) is 67.3. The topological polar surface area (TPSA) is 269 Å². The van der Waals surface area contributed by atoms with E-state index in [1.807, 2.05) is 6.92 Å². The fraction of sp³-hybridized carbons (Fsp3) is 0.585. The van der Waals surface area contributed by atoms with E-state index in [0.29, 0.717) is 62.9 Å². The monoisotopic (exact) mass is 1330 g/mol. The number of fused-ring (bicyclic) bond motifs is 15. The summed E-state index contributed by atoms with van der Waals surface area (Å²) in [4.78, 5) is 31.6. The molecule has 1 unspecified atom stereocenters. The summed E-state index contributed by atoms with van der Waals surface area (Å²) < 4.78 is 22.5. The van der Waals surface area contributed by atoms with Crippen molar-refractivity contribution in [1.29, 1.82) is 0 Å². The van der Waals surface area contributed by atoms with Gasteiger partial charge in [0.25, 0.3) is 0 Å². The van der Waals surface area contributed by atoms with E-state index in [1.54, 1.807) is 18.2 Å². The number of carbonyl (C=O) groups excluding carboxylic acids is 1. The van der Waals surface area contributed by atoms with Crippen LogP contribution in [-0.4, -0.2) is 90.0 Å². The van der Waals surface area contributed by atoms with Crippen LogP contribution in [0.1, 0.15) is 230 Å². The summed E-state index contributed by atoms with van der Waals surface area (Å²) in [7, 11) is 0. The maximum atomic E-state index is 16.5. The molecule has 98 heavy (non-hydrogen) atoms. The lowest BCUT2D eigenvalue weighted by atomic mass is 9.51. The highest BCUT2D eigenvalue weighted by atomic mass is 16.6. The summed E-state index contributed by atoms with van der Waals surface area (Å²) in [5, 5.41) is 98.8. The van der Waals surface area contributed by atoms with Crippen LogP contribution in [0.2, 0.25) is 0 Å². The molecule has 6 saturated carbocycles. The van der Waals surface area contributed by atoms with Crippen LogP contribution < -0.4 is 31.8 Å². The number of aliphatic hydroxyl groups excluding tert-OH is 3. The Hall–Kier alpha value is -6.66. The van der Waals surface area contributed by atoms with Crippen LogP contribution in [0.5, 0.6) is 17.2 Å². The SMILES string of the molecule is C/C=C(\C(=O)O[C@@H]1Cc2c3c(c4oc(CO)cc(=O)c4c2O)[C@@H]2C4=CCNC(N)=C4[C@@H]([C@H]4CCC5=C6C=C[C@@H](C)NC6NC=C5C[C@H]4[C@]1(C)O3)[C@@]1(CCC3(CCCC3)C1)Cc1ccc(O)cc1[C@H]2CO)[C@]1(O)C[C@@H]2C[C@H]1C[C@@H]1C[C@@]3(CC[C@H]4CCCC[C@]4(O)C3)[C@H](O)c3cccc2c31. The highest BCUT2D eigenvalue weighted by molar-refractivity contribution is 5.93. The van der Waals surface area contributed by atoms with Crippen LogP contribution in [0.4, 0.5) is 0 Å². The minimum Gasteiger partial charge on any atom is -0.508 e. The third-order valence-electron chi connectivity index (χ3n) is 29.1. The number of dihydropyridines is 2. The molecule has 18 rings (SSSR count). The third-order valence-corrected chi connectivity index (χ3v) is 29.1. The van der Waals surface area contributed by atoms with Crippen molar-refractivity contribution in [3.05, 3.63) is 167 Å². The fourth-order valence-corrected chi connectivity index (χ4v) is 25.0. The second-order valence-electron chi connectivity index (χ2n) is 33.8. The zero-order valence-electron chi connectivity index (χ0n) is 57.1. The molecule has 6 heterocycles. The molecule has 3 aromatic carbocycles. The predicted octanol–water partition coefficient (Wildman–Crippen LogP) is 11.7. The number of benzene rings is 3. The molecule has 6 bridgehead atoms. The van der Waals surface area contributed by atoms with Gasteiger partial charge in [0.2, 0.25) is 0 Å². The molecule has 16 nitrogen and oxygen atoms in total. The van der Waals surface area contributed by atoms with Crippen LogP contribution in [-0.2, 0) is 29.0 Å². The molecule has 1 aromatic heterocycles. The number of phenolic OH excluding ortho intramolecular Hbond substituents is 2. The van der Waals surface area contributed by atoms with Crippen LogP contribution in [0, 0.1) is 45.8 Å². The van der Waals surface area contributed by atoms with Gasteiger partial charge >= 0.3 is 5.97 Å². The standard InChI is InChI=1S/C82H98N4O12/c1-4-60(82(95)36-44-28-48(82)29-45-35-80(73(92)56-12-9-11-52(44)64(45)56)24-19-47-10-5-6-23-81(47,94)41-80)76(93)97-63-33-58-70(91)67-62(90)32-50(38-87)96-72(67)68-65-55-20-27-84-74(83)66(55)69(79(26-25-78(40-79)21-7-8-22-78)34-43-14-15-49(89)31-57(43)59(65)39-88)54-18-17-51-46(30-61(54)77(63,3)98-71(58)68)37-85-75-53(51)16-13-42(2)86-75/h4,9,11-16,20,31-32,37,42,44-45,47-48,54,59,61,63,65,69,73,75,84-89,91-92,94-95H,5-8,10,17-19,21-30,33-36,38-41,83H2,1-3H3/b60-4+/t42-,44+,45-,47-,48+,54+,59-,61-,63-,65-,69-,73-,75?,77+,79+,80-,81+,82+/m1/s1. The van der Waals surface area contributed by atoms with Crippen LogP contribution in [0.25, 0.3) is 11.0 Å². The Kier molecular flexibility index (Phi) is 14.7. The van der Waals surface area contributed by atoms with Crippen molar-refractivity contribution in [2.75, 3.05) is 13.2 Å². The molecule has 14 aliphatic rings. The minimum absolute atomic E-state index is 0.00163. The molecule has 4 aromatic rings. The summed E-state index contributed by atoms with van der Waals surface area (Å²) in [5.74, 6) is -3.31. The first-order valence-corrected chi connectivity index (χ1v) is 37.5. The van der Waals surface area contributed by atoms with Gasteiger partial charge in [-0.25, -0.2) is 4.79 Å². The maximum Gasteiger partial charge on any atom is 0.337 e. The number of esters is 1. The summed E-state index contributed by atoms with van der Waals surface area (Å²) in [6, 6.07) is 13.3. The molecule has 5 aliphatic heterocycles. The quantitative estimate of drug-likeness (QED) is 0.0655. The molecule has 12 N–H and O–H groups in total. The molecule has 0 amide bonds. The number of rotatable bonds is 5. The lowest BCUT2D eigenvalue weighted by Crippen LogP contribution is -2.60. The second-order valence-corrected chi connectivity index (χ2v) is 33.8. The van der Waals surface area contributed by atoms with Gasteiger partial charge in [-0.3, -0.25) is 10.1 Å². The van der Waals surface area contributed by atoms with Gasteiger partial charge in [0.05, 0.1) is 29.5 Å². The van der Waals surface area contributed by atoms with Gasteiger partial charge in [-0.15, -0.1) is 0 Å². The van der Waals surface area contributed by atoms with Crippen molar-refractivity contribution in [2.45, 2.75) is 240 Å². The van der Waals surface area contributed by atoms with Crippen LogP contribution >= 0.6 is 0 Å². The number of aromatic hydroxyl groups is 2. The molecule has 18 atom stereocenters. The predicted molar refractivity (Wildman–Crippen MR) is 370 cm³/mol. The fourth-order valence-electron chi connectivity index (χ4n) is 25.0. The Morgan fingerprint density at radius 2 is 1.69 bits per heavy atom. The number of ether oxygens (including phenoxy) is 2. The molecule has 16 heteroatoms. The molecule has 0 radical (unpaired) electrons. The van der Waals surface area contributed by atoms with Crippen molar-refractivity contribution in [3.8, 4) is 17.2 Å². The molecule has 9 aliphatic carbocycles. The van der Waals surface area contributed by atoms with E-state index < -0.39 is 88.0 Å². The van der Waals surface area contributed by atoms with Crippen molar-refractivity contribution >= 4 is 16.9 Å².